The number of carbonyl (C=O) groups is 1. The van der Waals surface area contributed by atoms with E-state index in [2.05, 4.69) is 12.1 Å². The Balaban J connectivity index is 1.50. The largest absolute Gasteiger partial charge is 0.497 e. The van der Waals surface area contributed by atoms with Gasteiger partial charge in [-0.3, -0.25) is 9.10 Å². The summed E-state index contributed by atoms with van der Waals surface area (Å²) in [7, 11) is -0.763. The molecule has 1 atom stereocenters. The fourth-order valence-electron chi connectivity index (χ4n) is 4.43. The molecule has 0 N–H and O–H groups in total. The first-order chi connectivity index (χ1) is 16.4. The van der Waals surface area contributed by atoms with Crippen molar-refractivity contribution in [3.8, 4) is 5.75 Å². The minimum absolute atomic E-state index is 0.0942. The molecule has 1 unspecified atom stereocenters. The molecule has 3 aromatic carbocycles. The maximum atomic E-state index is 13.4. The monoisotopic (exact) mass is 478 g/mol. The van der Waals surface area contributed by atoms with Crippen LogP contribution >= 0.6 is 0 Å². The second-order valence-electron chi connectivity index (χ2n) is 8.52. The van der Waals surface area contributed by atoms with Crippen LogP contribution in [0.2, 0.25) is 0 Å². The van der Waals surface area contributed by atoms with Crippen LogP contribution in [0, 0.1) is 0 Å². The van der Waals surface area contributed by atoms with Gasteiger partial charge in [0, 0.05) is 25.2 Å². The fraction of sp³-hybridized carbons (Fsp3) is 0.296. The Kier molecular flexibility index (Phi) is 7.22. The smallest absolute Gasteiger partial charge is 0.264 e. The van der Waals surface area contributed by atoms with Crippen molar-refractivity contribution in [3.05, 3.63) is 90.0 Å². The van der Waals surface area contributed by atoms with Crippen molar-refractivity contribution in [3.63, 3.8) is 0 Å². The highest BCUT2D eigenvalue weighted by molar-refractivity contribution is 7.92. The summed E-state index contributed by atoms with van der Waals surface area (Å²) in [5.41, 5.74) is 2.17. The van der Waals surface area contributed by atoms with E-state index >= 15 is 0 Å². The first kappa shape index (κ1) is 23.8. The zero-order valence-corrected chi connectivity index (χ0v) is 20.4. The maximum absolute atomic E-state index is 13.4. The number of benzene rings is 3. The number of ether oxygens (including phenoxy) is 1. The molecule has 0 aliphatic carbocycles. The van der Waals surface area contributed by atoms with Crippen molar-refractivity contribution in [2.24, 2.45) is 0 Å². The Morgan fingerprint density at radius 2 is 1.76 bits per heavy atom. The molecular formula is C27H30N2O4S. The van der Waals surface area contributed by atoms with E-state index in [0.717, 1.165) is 25.7 Å². The number of anilines is 1. The summed E-state index contributed by atoms with van der Waals surface area (Å²) >= 11 is 0. The predicted molar refractivity (Wildman–Crippen MR) is 134 cm³/mol. The summed E-state index contributed by atoms with van der Waals surface area (Å²) in [6, 6.07) is 23.6. The molecule has 1 aliphatic rings. The molecule has 1 heterocycles. The van der Waals surface area contributed by atoms with E-state index in [-0.39, 0.29) is 16.8 Å². The number of hydrogen-bond acceptors (Lipinski definition) is 4. The minimum atomic E-state index is -3.83. The van der Waals surface area contributed by atoms with E-state index in [9.17, 15) is 13.2 Å². The number of carbonyl (C=O) groups excluding carboxylic acids is 1. The number of likely N-dealkylation sites (tertiary alicyclic amines) is 1. The summed E-state index contributed by atoms with van der Waals surface area (Å²) in [4.78, 5) is 15.4. The van der Waals surface area contributed by atoms with Crippen LogP contribution < -0.4 is 9.04 Å². The second kappa shape index (κ2) is 10.3. The number of aryl methyl sites for hydroxylation is 1. The molecular weight excluding hydrogens is 448 g/mol. The molecule has 3 aromatic rings. The highest BCUT2D eigenvalue weighted by Gasteiger charge is 2.30. The van der Waals surface area contributed by atoms with Crippen LogP contribution in [0.3, 0.4) is 0 Å². The van der Waals surface area contributed by atoms with Crippen LogP contribution in [0.25, 0.3) is 0 Å². The normalized spacial score (nSPS) is 15.8. The summed E-state index contributed by atoms with van der Waals surface area (Å²) in [5, 5.41) is 0. The van der Waals surface area contributed by atoms with Gasteiger partial charge >= 0.3 is 0 Å². The zero-order chi connectivity index (χ0) is 24.1. The van der Waals surface area contributed by atoms with E-state index in [1.807, 2.05) is 23.1 Å². The quantitative estimate of drug-likeness (QED) is 0.468. The van der Waals surface area contributed by atoms with Gasteiger partial charge in [0.1, 0.15) is 5.75 Å². The van der Waals surface area contributed by atoms with Crippen LogP contribution in [0.1, 0.15) is 35.2 Å². The SMILES string of the molecule is COc1ccc(N(C)S(=O)(=O)c2cccc(C(=O)N3CCCC3CCc3ccccc3)c2)cc1. The lowest BCUT2D eigenvalue weighted by Crippen LogP contribution is -2.36. The lowest BCUT2D eigenvalue weighted by molar-refractivity contribution is 0.0730. The van der Waals surface area contributed by atoms with Crippen LogP contribution in [-0.2, 0) is 16.4 Å². The standard InChI is InChI=1S/C27H30N2O4S/c1-28(23-15-17-25(33-2)18-16-23)34(31,32)26-12-6-10-22(20-26)27(30)29-19-7-11-24(29)14-13-21-8-4-3-5-9-21/h3-6,8-10,12,15-18,20,24H,7,11,13-14,19H2,1-2H3. The van der Waals surface area contributed by atoms with Gasteiger partial charge in [0.05, 0.1) is 17.7 Å². The number of nitrogens with zero attached hydrogens (tertiary/aromatic N) is 2. The molecule has 1 aliphatic heterocycles. The molecule has 0 saturated carbocycles. The molecule has 4 rings (SSSR count). The van der Waals surface area contributed by atoms with E-state index in [1.54, 1.807) is 43.5 Å². The predicted octanol–water partition coefficient (Wildman–Crippen LogP) is 4.76. The van der Waals surface area contributed by atoms with E-state index < -0.39 is 10.0 Å². The average Bonchev–Trinajstić information content (AvgIpc) is 3.36. The van der Waals surface area contributed by atoms with Crippen molar-refractivity contribution in [1.82, 2.24) is 4.90 Å². The Bertz CT molecular complexity index is 1230. The molecule has 1 amide bonds. The van der Waals surface area contributed by atoms with Crippen LogP contribution in [0.15, 0.2) is 83.8 Å². The lowest BCUT2D eigenvalue weighted by Gasteiger charge is -2.25. The third kappa shape index (κ3) is 5.09. The van der Waals surface area contributed by atoms with Crippen molar-refractivity contribution in [1.29, 1.82) is 0 Å². The van der Waals surface area contributed by atoms with Gasteiger partial charge in [0.2, 0.25) is 0 Å². The first-order valence-electron chi connectivity index (χ1n) is 11.5. The van der Waals surface area contributed by atoms with Crippen molar-refractivity contribution >= 4 is 21.6 Å². The third-order valence-corrected chi connectivity index (χ3v) is 8.20. The third-order valence-electron chi connectivity index (χ3n) is 6.42. The minimum Gasteiger partial charge on any atom is -0.497 e. The first-order valence-corrected chi connectivity index (χ1v) is 12.9. The summed E-state index contributed by atoms with van der Waals surface area (Å²) in [5.74, 6) is 0.536. The lowest BCUT2D eigenvalue weighted by atomic mass is 10.0. The zero-order valence-electron chi connectivity index (χ0n) is 19.6. The summed E-state index contributed by atoms with van der Waals surface area (Å²) in [6.07, 6.45) is 3.74. The summed E-state index contributed by atoms with van der Waals surface area (Å²) < 4.78 is 32.9. The molecule has 178 valence electrons. The van der Waals surface area contributed by atoms with Crippen LogP contribution in [-0.4, -0.2) is 46.0 Å². The van der Waals surface area contributed by atoms with Crippen molar-refractivity contribution < 1.29 is 17.9 Å². The number of methoxy groups -OCH3 is 1. The molecule has 34 heavy (non-hydrogen) atoms. The molecule has 0 radical (unpaired) electrons. The Morgan fingerprint density at radius 1 is 1.03 bits per heavy atom. The number of sulfonamides is 1. The van der Waals surface area contributed by atoms with E-state index in [4.69, 9.17) is 4.74 Å². The Morgan fingerprint density at radius 3 is 2.47 bits per heavy atom. The van der Waals surface area contributed by atoms with E-state index in [1.165, 1.54) is 29.0 Å². The van der Waals surface area contributed by atoms with Gasteiger partial charge in [-0.05, 0) is 73.7 Å². The summed E-state index contributed by atoms with van der Waals surface area (Å²) in [6.45, 7) is 0.695. The Hall–Kier alpha value is -3.32. The topological polar surface area (TPSA) is 66.9 Å². The number of amides is 1. The highest BCUT2D eigenvalue weighted by atomic mass is 32.2. The average molecular weight is 479 g/mol. The number of hydrogen-bond donors (Lipinski definition) is 0. The molecule has 6 nitrogen and oxygen atoms in total. The van der Waals surface area contributed by atoms with Gasteiger partial charge in [-0.25, -0.2) is 8.42 Å². The fourth-order valence-corrected chi connectivity index (χ4v) is 5.67. The van der Waals surface area contributed by atoms with Gasteiger partial charge < -0.3 is 9.64 Å². The molecule has 0 bridgehead atoms. The van der Waals surface area contributed by atoms with Gasteiger partial charge in [-0.15, -0.1) is 0 Å². The van der Waals surface area contributed by atoms with Gasteiger partial charge in [0.15, 0.2) is 0 Å². The van der Waals surface area contributed by atoms with Gasteiger partial charge in [-0.1, -0.05) is 36.4 Å². The molecule has 1 fully saturated rings. The highest BCUT2D eigenvalue weighted by Crippen LogP contribution is 2.27. The molecule has 7 heteroatoms. The molecule has 0 spiro atoms. The van der Waals surface area contributed by atoms with Gasteiger partial charge in [0.25, 0.3) is 15.9 Å². The van der Waals surface area contributed by atoms with Gasteiger partial charge in [-0.2, -0.15) is 0 Å². The van der Waals surface area contributed by atoms with Crippen LogP contribution in [0.4, 0.5) is 5.69 Å². The molecule has 1 saturated heterocycles. The van der Waals surface area contributed by atoms with E-state index in [0.29, 0.717) is 23.5 Å². The molecule has 0 aromatic heterocycles. The second-order valence-corrected chi connectivity index (χ2v) is 10.5. The maximum Gasteiger partial charge on any atom is 0.264 e. The Labute approximate surface area is 201 Å². The number of rotatable bonds is 8. The van der Waals surface area contributed by atoms with Crippen molar-refractivity contribution in [2.45, 2.75) is 36.6 Å². The van der Waals surface area contributed by atoms with Crippen molar-refractivity contribution in [2.75, 3.05) is 25.0 Å². The van der Waals surface area contributed by atoms with Crippen LogP contribution in [0.5, 0.6) is 5.75 Å².